The lowest BCUT2D eigenvalue weighted by atomic mass is 10.0. The second-order valence-corrected chi connectivity index (χ2v) is 11.2. The van der Waals surface area contributed by atoms with Gasteiger partial charge in [-0.3, -0.25) is 19.0 Å². The van der Waals surface area contributed by atoms with Crippen molar-refractivity contribution in [2.45, 2.75) is 32.0 Å². The van der Waals surface area contributed by atoms with Gasteiger partial charge < -0.3 is 29.7 Å². The van der Waals surface area contributed by atoms with Crippen LogP contribution in [0.25, 0.3) is 22.2 Å². The summed E-state index contributed by atoms with van der Waals surface area (Å²) in [4.78, 5) is 49.2. The molecule has 1 aromatic carbocycles. The third-order valence-corrected chi connectivity index (χ3v) is 8.50. The standard InChI is InChI=1S/C29H32Cl2N6O6/c1-5-23(39)33-19-13-43-14-20(19)34-29-32-10-17-8-18(24-25(30)21(41-3)9-22(42-4)26(24)31)28(40)37(27(17)35-29)12-16-6-7-36(11-16)15(2)38/h5,8-10,16,19-20H,1,6-7,11-14H2,2-4H3,(H,33,39)(H,32,34,35)/t16-,19+,20-/m1/s1. The summed E-state index contributed by atoms with van der Waals surface area (Å²) in [6.45, 7) is 7.10. The molecule has 12 nitrogen and oxygen atoms in total. The maximum Gasteiger partial charge on any atom is 0.260 e. The van der Waals surface area contributed by atoms with Crippen molar-refractivity contribution < 1.29 is 23.8 Å². The van der Waals surface area contributed by atoms with Crippen LogP contribution in [0.5, 0.6) is 11.5 Å². The van der Waals surface area contributed by atoms with Crippen molar-refractivity contribution in [2.75, 3.05) is 45.8 Å². The number of fused-ring (bicyclic) bond motifs is 1. The molecule has 0 spiro atoms. The Morgan fingerprint density at radius 2 is 1.86 bits per heavy atom. The molecule has 4 heterocycles. The highest BCUT2D eigenvalue weighted by Crippen LogP contribution is 2.45. The number of ether oxygens (including phenoxy) is 3. The number of anilines is 1. The minimum Gasteiger partial charge on any atom is -0.495 e. The summed E-state index contributed by atoms with van der Waals surface area (Å²) in [6, 6.07) is 2.58. The number of carbonyl (C=O) groups is 2. The van der Waals surface area contributed by atoms with Gasteiger partial charge in [-0.2, -0.15) is 4.98 Å². The zero-order valence-corrected chi connectivity index (χ0v) is 25.5. The minimum absolute atomic E-state index is 0.0128. The van der Waals surface area contributed by atoms with Crippen LogP contribution in [0.3, 0.4) is 0 Å². The number of pyridine rings is 1. The summed E-state index contributed by atoms with van der Waals surface area (Å²) >= 11 is 13.4. The maximum atomic E-state index is 14.3. The second kappa shape index (κ2) is 12.8. The molecule has 0 bridgehead atoms. The van der Waals surface area contributed by atoms with E-state index in [0.29, 0.717) is 55.4 Å². The number of hydrogen-bond acceptors (Lipinski definition) is 9. The highest BCUT2D eigenvalue weighted by atomic mass is 35.5. The van der Waals surface area contributed by atoms with Gasteiger partial charge in [0.1, 0.15) is 17.1 Å². The summed E-state index contributed by atoms with van der Waals surface area (Å²) < 4.78 is 18.0. The normalized spacial score (nSPS) is 19.8. The molecule has 2 aliphatic heterocycles. The van der Waals surface area contributed by atoms with Gasteiger partial charge in [0, 0.05) is 49.8 Å². The Labute approximate surface area is 257 Å². The summed E-state index contributed by atoms with van der Waals surface area (Å²) in [5.41, 5.74) is 0.503. The van der Waals surface area contributed by atoms with Gasteiger partial charge in [0.25, 0.3) is 5.56 Å². The summed E-state index contributed by atoms with van der Waals surface area (Å²) in [7, 11) is 2.92. The van der Waals surface area contributed by atoms with Gasteiger partial charge >= 0.3 is 0 Å². The Kier molecular flexibility index (Phi) is 9.09. The van der Waals surface area contributed by atoms with E-state index in [2.05, 4.69) is 22.2 Å². The van der Waals surface area contributed by atoms with Gasteiger partial charge in [0.15, 0.2) is 0 Å². The first-order valence-electron chi connectivity index (χ1n) is 13.7. The van der Waals surface area contributed by atoms with Crippen molar-refractivity contribution in [3.8, 4) is 22.6 Å². The van der Waals surface area contributed by atoms with Crippen LogP contribution in [-0.2, 0) is 20.9 Å². The number of benzene rings is 1. The molecule has 0 radical (unpaired) electrons. The molecule has 0 unspecified atom stereocenters. The van der Waals surface area contributed by atoms with E-state index in [1.807, 2.05) is 0 Å². The quantitative estimate of drug-likeness (QED) is 0.342. The number of methoxy groups -OCH3 is 2. The zero-order valence-electron chi connectivity index (χ0n) is 24.0. The smallest absolute Gasteiger partial charge is 0.260 e. The van der Waals surface area contributed by atoms with E-state index in [4.69, 9.17) is 42.4 Å². The average molecular weight is 632 g/mol. The van der Waals surface area contributed by atoms with Gasteiger partial charge in [0.2, 0.25) is 17.8 Å². The van der Waals surface area contributed by atoms with Crippen molar-refractivity contribution >= 4 is 52.0 Å². The first-order valence-corrected chi connectivity index (χ1v) is 14.4. The number of amides is 2. The number of rotatable bonds is 9. The molecule has 2 N–H and O–H groups in total. The van der Waals surface area contributed by atoms with E-state index >= 15 is 0 Å². The van der Waals surface area contributed by atoms with E-state index in [1.165, 1.54) is 27.2 Å². The minimum atomic E-state index is -0.377. The van der Waals surface area contributed by atoms with Crippen LogP contribution in [0.4, 0.5) is 5.95 Å². The van der Waals surface area contributed by atoms with Crippen molar-refractivity contribution in [2.24, 2.45) is 5.92 Å². The van der Waals surface area contributed by atoms with Gasteiger partial charge in [0.05, 0.1) is 55.1 Å². The average Bonchev–Trinajstić information content (AvgIpc) is 3.65. The maximum absolute atomic E-state index is 14.3. The van der Waals surface area contributed by atoms with Gasteiger partial charge in [-0.15, -0.1) is 0 Å². The molecule has 0 aliphatic carbocycles. The molecule has 0 saturated carbocycles. The largest absolute Gasteiger partial charge is 0.495 e. The molecular weight excluding hydrogens is 599 g/mol. The molecule has 2 aliphatic rings. The lowest BCUT2D eigenvalue weighted by Crippen LogP contribution is -2.45. The summed E-state index contributed by atoms with van der Waals surface area (Å²) in [6.07, 6.45) is 3.53. The Hall–Kier alpha value is -3.87. The third kappa shape index (κ3) is 6.13. The number of nitrogens with one attached hydrogen (secondary N) is 2. The highest BCUT2D eigenvalue weighted by molar-refractivity contribution is 6.41. The Bertz CT molecular complexity index is 1620. The Balaban J connectivity index is 1.62. The number of likely N-dealkylation sites (tertiary alicyclic amines) is 1. The number of halogens is 2. The lowest BCUT2D eigenvalue weighted by molar-refractivity contribution is -0.128. The first-order chi connectivity index (χ1) is 20.6. The molecule has 2 aromatic heterocycles. The van der Waals surface area contributed by atoms with E-state index in [1.54, 1.807) is 27.8 Å². The van der Waals surface area contributed by atoms with E-state index < -0.39 is 0 Å². The third-order valence-electron chi connectivity index (χ3n) is 7.75. The molecule has 2 amide bonds. The topological polar surface area (TPSA) is 137 Å². The molecule has 5 rings (SSSR count). The molecule has 3 atom stereocenters. The van der Waals surface area contributed by atoms with Crippen LogP contribution in [0.2, 0.25) is 10.0 Å². The van der Waals surface area contributed by atoms with E-state index in [9.17, 15) is 14.4 Å². The van der Waals surface area contributed by atoms with Crippen molar-refractivity contribution in [3.05, 3.63) is 51.4 Å². The van der Waals surface area contributed by atoms with Crippen LogP contribution in [0.1, 0.15) is 13.3 Å². The second-order valence-electron chi connectivity index (χ2n) is 10.5. The van der Waals surface area contributed by atoms with Crippen molar-refractivity contribution in [3.63, 3.8) is 0 Å². The molecule has 14 heteroatoms. The van der Waals surface area contributed by atoms with E-state index in [0.717, 1.165) is 6.42 Å². The molecule has 228 valence electrons. The number of aromatic nitrogens is 3. The Morgan fingerprint density at radius 1 is 1.16 bits per heavy atom. The monoisotopic (exact) mass is 630 g/mol. The van der Waals surface area contributed by atoms with Gasteiger partial charge in [-0.1, -0.05) is 29.8 Å². The lowest BCUT2D eigenvalue weighted by Gasteiger charge is -2.21. The van der Waals surface area contributed by atoms with Crippen LogP contribution in [-0.4, -0.2) is 83.9 Å². The Morgan fingerprint density at radius 3 is 2.49 bits per heavy atom. The summed E-state index contributed by atoms with van der Waals surface area (Å²) in [5, 5.41) is 6.95. The number of carbonyl (C=O) groups excluding carboxylic acids is 2. The fraction of sp³-hybridized carbons (Fsp3) is 0.414. The summed E-state index contributed by atoms with van der Waals surface area (Å²) in [5.74, 6) is 0.539. The number of nitrogens with zero attached hydrogens (tertiary/aromatic N) is 4. The predicted molar refractivity (Wildman–Crippen MR) is 163 cm³/mol. The van der Waals surface area contributed by atoms with Crippen LogP contribution in [0, 0.1) is 5.92 Å². The molecule has 3 aromatic rings. The van der Waals surface area contributed by atoms with Crippen molar-refractivity contribution in [1.82, 2.24) is 24.8 Å². The predicted octanol–water partition coefficient (Wildman–Crippen LogP) is 3.13. The van der Waals surface area contributed by atoms with Crippen molar-refractivity contribution in [1.29, 1.82) is 0 Å². The van der Waals surface area contributed by atoms with Crippen LogP contribution >= 0.6 is 23.2 Å². The molecule has 2 saturated heterocycles. The zero-order chi connectivity index (χ0) is 30.8. The van der Waals surface area contributed by atoms with Crippen LogP contribution in [0.15, 0.2) is 35.8 Å². The first kappa shape index (κ1) is 30.6. The van der Waals surface area contributed by atoms with E-state index in [-0.39, 0.29) is 62.5 Å². The van der Waals surface area contributed by atoms with Gasteiger partial charge in [-0.05, 0) is 24.5 Å². The van der Waals surface area contributed by atoms with Crippen LogP contribution < -0.4 is 25.7 Å². The highest BCUT2D eigenvalue weighted by Gasteiger charge is 2.31. The van der Waals surface area contributed by atoms with Gasteiger partial charge in [-0.25, -0.2) is 4.98 Å². The fourth-order valence-electron chi connectivity index (χ4n) is 5.47. The molecular formula is C29H32Cl2N6O6. The molecule has 2 fully saturated rings. The number of hydrogen-bond donors (Lipinski definition) is 2. The SMILES string of the molecule is C=CC(=O)N[C@H]1COC[C@H]1Nc1ncc2cc(-c3c(Cl)c(OC)cc(OC)c3Cl)c(=O)n(C[C@@H]3CCN(C(C)=O)C3)c2n1. The fourth-order valence-corrected chi connectivity index (χ4v) is 6.18. The molecule has 43 heavy (non-hydrogen) atoms.